The second-order valence-electron chi connectivity index (χ2n) is 5.62. The van der Waals surface area contributed by atoms with E-state index in [0.717, 1.165) is 47.1 Å². The summed E-state index contributed by atoms with van der Waals surface area (Å²) in [5.74, 6) is 0.461. The SMILES string of the molecule is Cc1cccc(C(=O)N2CCC[C@H](c3nnc(C)s3)C2)c1. The number of benzene rings is 1. The number of hydrogen-bond donors (Lipinski definition) is 0. The lowest BCUT2D eigenvalue weighted by atomic mass is 9.98. The van der Waals surface area contributed by atoms with Gasteiger partial charge >= 0.3 is 0 Å². The predicted octanol–water partition coefficient (Wildman–Crippen LogP) is 3.17. The molecular weight excluding hydrogens is 282 g/mol. The van der Waals surface area contributed by atoms with Gasteiger partial charge in [-0.1, -0.05) is 17.7 Å². The van der Waals surface area contributed by atoms with Gasteiger partial charge in [-0.05, 0) is 38.8 Å². The summed E-state index contributed by atoms with van der Waals surface area (Å²) < 4.78 is 0. The second-order valence-corrected chi connectivity index (χ2v) is 6.83. The third-order valence-corrected chi connectivity index (χ3v) is 4.87. The first-order valence-corrected chi connectivity index (χ1v) is 8.11. The first-order valence-electron chi connectivity index (χ1n) is 7.29. The molecule has 4 nitrogen and oxygen atoms in total. The Kier molecular flexibility index (Phi) is 4.01. The Labute approximate surface area is 128 Å². The largest absolute Gasteiger partial charge is 0.338 e. The van der Waals surface area contributed by atoms with E-state index >= 15 is 0 Å². The zero-order valence-electron chi connectivity index (χ0n) is 12.4. The zero-order chi connectivity index (χ0) is 14.8. The zero-order valence-corrected chi connectivity index (χ0v) is 13.2. The number of aromatic nitrogens is 2. The van der Waals surface area contributed by atoms with Gasteiger partial charge in [0.25, 0.3) is 5.91 Å². The molecule has 21 heavy (non-hydrogen) atoms. The fraction of sp³-hybridized carbons (Fsp3) is 0.438. The second kappa shape index (κ2) is 5.93. The summed E-state index contributed by atoms with van der Waals surface area (Å²) in [7, 11) is 0. The standard InChI is InChI=1S/C16H19N3OS/c1-11-5-3-6-13(9-11)16(20)19-8-4-7-14(10-19)15-18-17-12(2)21-15/h3,5-6,9,14H,4,7-8,10H2,1-2H3/t14-/m0/s1. The molecule has 1 aromatic heterocycles. The number of likely N-dealkylation sites (tertiary alicyclic amines) is 1. The molecule has 1 atom stereocenters. The fourth-order valence-corrected chi connectivity index (χ4v) is 3.63. The minimum atomic E-state index is 0.129. The molecule has 110 valence electrons. The van der Waals surface area contributed by atoms with E-state index in [2.05, 4.69) is 10.2 Å². The number of carbonyl (C=O) groups excluding carboxylic acids is 1. The highest BCUT2D eigenvalue weighted by atomic mass is 32.1. The Hall–Kier alpha value is -1.75. The van der Waals surface area contributed by atoms with Crippen molar-refractivity contribution in [2.75, 3.05) is 13.1 Å². The van der Waals surface area contributed by atoms with E-state index in [4.69, 9.17) is 0 Å². The minimum Gasteiger partial charge on any atom is -0.338 e. The minimum absolute atomic E-state index is 0.129. The fourth-order valence-electron chi connectivity index (χ4n) is 2.80. The van der Waals surface area contributed by atoms with E-state index < -0.39 is 0 Å². The molecule has 3 rings (SSSR count). The van der Waals surface area contributed by atoms with Crippen LogP contribution in [0.25, 0.3) is 0 Å². The lowest BCUT2D eigenvalue weighted by Crippen LogP contribution is -2.39. The molecule has 2 aromatic rings. The number of nitrogens with zero attached hydrogens (tertiary/aromatic N) is 3. The Balaban J connectivity index is 1.75. The quantitative estimate of drug-likeness (QED) is 0.856. The molecule has 1 saturated heterocycles. The Morgan fingerprint density at radius 2 is 2.19 bits per heavy atom. The van der Waals surface area contributed by atoms with Crippen LogP contribution >= 0.6 is 11.3 Å². The molecule has 0 spiro atoms. The van der Waals surface area contributed by atoms with E-state index in [1.165, 1.54) is 0 Å². The van der Waals surface area contributed by atoms with E-state index in [1.54, 1.807) is 11.3 Å². The normalized spacial score (nSPS) is 18.8. The topological polar surface area (TPSA) is 46.1 Å². The monoisotopic (exact) mass is 301 g/mol. The maximum absolute atomic E-state index is 12.6. The number of amides is 1. The van der Waals surface area contributed by atoms with Gasteiger partial charge in [0.15, 0.2) is 0 Å². The third-order valence-electron chi connectivity index (χ3n) is 3.86. The van der Waals surface area contributed by atoms with Crippen molar-refractivity contribution in [1.82, 2.24) is 15.1 Å². The molecule has 1 aromatic carbocycles. The van der Waals surface area contributed by atoms with E-state index in [1.807, 2.05) is 43.0 Å². The molecule has 0 N–H and O–H groups in total. The summed E-state index contributed by atoms with van der Waals surface area (Å²) in [6.45, 7) is 5.57. The average Bonchev–Trinajstić information content (AvgIpc) is 2.93. The molecule has 0 aliphatic carbocycles. The van der Waals surface area contributed by atoms with Crippen LogP contribution in [0.15, 0.2) is 24.3 Å². The number of piperidine rings is 1. The first-order chi connectivity index (χ1) is 10.1. The number of rotatable bonds is 2. The highest BCUT2D eigenvalue weighted by Crippen LogP contribution is 2.29. The van der Waals surface area contributed by atoms with Crippen molar-refractivity contribution >= 4 is 17.2 Å². The van der Waals surface area contributed by atoms with Crippen molar-refractivity contribution in [3.05, 3.63) is 45.4 Å². The molecule has 5 heteroatoms. The van der Waals surface area contributed by atoms with Crippen molar-refractivity contribution in [2.24, 2.45) is 0 Å². The van der Waals surface area contributed by atoms with Crippen LogP contribution in [0, 0.1) is 13.8 Å². The molecule has 0 saturated carbocycles. The van der Waals surface area contributed by atoms with Crippen LogP contribution in [0.3, 0.4) is 0 Å². The molecule has 1 amide bonds. The van der Waals surface area contributed by atoms with Crippen molar-refractivity contribution in [3.8, 4) is 0 Å². The van der Waals surface area contributed by atoms with Crippen molar-refractivity contribution in [3.63, 3.8) is 0 Å². The first kappa shape index (κ1) is 14.2. The molecular formula is C16H19N3OS. The summed E-state index contributed by atoms with van der Waals surface area (Å²) in [6, 6.07) is 7.81. The van der Waals surface area contributed by atoms with Crippen LogP contribution < -0.4 is 0 Å². The van der Waals surface area contributed by atoms with Crippen molar-refractivity contribution in [1.29, 1.82) is 0 Å². The molecule has 1 aliphatic rings. The number of aryl methyl sites for hydroxylation is 2. The van der Waals surface area contributed by atoms with Crippen LogP contribution in [-0.2, 0) is 0 Å². The lowest BCUT2D eigenvalue weighted by Gasteiger charge is -2.31. The molecule has 0 unspecified atom stereocenters. The van der Waals surface area contributed by atoms with Gasteiger partial charge in [0, 0.05) is 24.6 Å². The molecule has 2 heterocycles. The van der Waals surface area contributed by atoms with Gasteiger partial charge < -0.3 is 4.90 Å². The summed E-state index contributed by atoms with van der Waals surface area (Å²) in [5.41, 5.74) is 1.90. The smallest absolute Gasteiger partial charge is 0.253 e. The van der Waals surface area contributed by atoms with E-state index in [9.17, 15) is 4.79 Å². The molecule has 0 bridgehead atoms. The average molecular weight is 301 g/mol. The van der Waals surface area contributed by atoms with Gasteiger partial charge in [-0.2, -0.15) is 0 Å². The third kappa shape index (κ3) is 3.13. The van der Waals surface area contributed by atoms with E-state index in [0.29, 0.717) is 5.92 Å². The van der Waals surface area contributed by atoms with Gasteiger partial charge in [0.2, 0.25) is 0 Å². The van der Waals surface area contributed by atoms with Gasteiger partial charge in [-0.25, -0.2) is 0 Å². The Morgan fingerprint density at radius 1 is 1.33 bits per heavy atom. The summed E-state index contributed by atoms with van der Waals surface area (Å²) in [6.07, 6.45) is 2.12. The van der Waals surface area contributed by atoms with Gasteiger partial charge in [-0.3, -0.25) is 4.79 Å². The van der Waals surface area contributed by atoms with Crippen molar-refractivity contribution < 1.29 is 4.79 Å². The maximum atomic E-state index is 12.6. The van der Waals surface area contributed by atoms with E-state index in [-0.39, 0.29) is 5.91 Å². The molecule has 1 aliphatic heterocycles. The number of hydrogen-bond acceptors (Lipinski definition) is 4. The molecule has 1 fully saturated rings. The van der Waals surface area contributed by atoms with Gasteiger partial charge in [0.1, 0.15) is 10.0 Å². The summed E-state index contributed by atoms with van der Waals surface area (Å²) in [5, 5.41) is 10.4. The predicted molar refractivity (Wildman–Crippen MR) is 83.7 cm³/mol. The lowest BCUT2D eigenvalue weighted by molar-refractivity contribution is 0.0706. The van der Waals surface area contributed by atoms with Crippen LogP contribution in [0.2, 0.25) is 0 Å². The highest BCUT2D eigenvalue weighted by Gasteiger charge is 2.27. The highest BCUT2D eigenvalue weighted by molar-refractivity contribution is 7.11. The van der Waals surface area contributed by atoms with Crippen LogP contribution in [-0.4, -0.2) is 34.1 Å². The maximum Gasteiger partial charge on any atom is 0.253 e. The Morgan fingerprint density at radius 3 is 2.90 bits per heavy atom. The van der Waals surface area contributed by atoms with Crippen LogP contribution in [0.1, 0.15) is 44.7 Å². The summed E-state index contributed by atoms with van der Waals surface area (Å²) >= 11 is 1.65. The van der Waals surface area contributed by atoms with Crippen LogP contribution in [0.5, 0.6) is 0 Å². The molecule has 0 radical (unpaired) electrons. The van der Waals surface area contributed by atoms with Crippen molar-refractivity contribution in [2.45, 2.75) is 32.6 Å². The van der Waals surface area contributed by atoms with Crippen LogP contribution in [0.4, 0.5) is 0 Å². The summed E-state index contributed by atoms with van der Waals surface area (Å²) in [4.78, 5) is 14.6. The number of carbonyl (C=O) groups is 1. The Bertz CT molecular complexity index is 652. The van der Waals surface area contributed by atoms with Gasteiger partial charge in [0.05, 0.1) is 0 Å². The van der Waals surface area contributed by atoms with Gasteiger partial charge in [-0.15, -0.1) is 21.5 Å².